The van der Waals surface area contributed by atoms with Gasteiger partial charge in [0.2, 0.25) is 5.91 Å². The summed E-state index contributed by atoms with van der Waals surface area (Å²) in [6, 6.07) is 7.84. The van der Waals surface area contributed by atoms with Crippen molar-refractivity contribution in [3.05, 3.63) is 48.3 Å². The lowest BCUT2D eigenvalue weighted by molar-refractivity contribution is -0.114. The van der Waals surface area contributed by atoms with E-state index >= 15 is 0 Å². The highest BCUT2D eigenvalue weighted by Crippen LogP contribution is 2.22. The topological polar surface area (TPSA) is 85.2 Å². The number of anilines is 1. The molecule has 0 saturated carbocycles. The van der Waals surface area contributed by atoms with E-state index in [1.807, 2.05) is 0 Å². The zero-order chi connectivity index (χ0) is 15.6. The Balaban J connectivity index is 2.55. The number of aromatic nitrogens is 1. The minimum atomic E-state index is -3.80. The Morgan fingerprint density at radius 2 is 1.67 bits per heavy atom. The zero-order valence-electron chi connectivity index (χ0n) is 11.5. The van der Waals surface area contributed by atoms with Crippen LogP contribution >= 0.6 is 0 Å². The molecule has 0 bridgehead atoms. The smallest absolute Gasteiger partial charge is 0.267 e. The molecule has 0 spiro atoms. The third kappa shape index (κ3) is 3.03. The molecule has 1 amide bonds. The van der Waals surface area contributed by atoms with Gasteiger partial charge < -0.3 is 5.32 Å². The van der Waals surface area contributed by atoms with E-state index < -0.39 is 10.0 Å². The molecule has 0 unspecified atom stereocenters. The summed E-state index contributed by atoms with van der Waals surface area (Å²) in [5.74, 6) is -0.715. The minimum Gasteiger partial charge on any atom is -0.324 e. The van der Waals surface area contributed by atoms with Crippen LogP contribution in [0.5, 0.6) is 0 Å². The Bertz CT molecular complexity index is 792. The van der Waals surface area contributed by atoms with Crippen LogP contribution in [0.25, 0.3) is 0 Å². The maximum Gasteiger partial charge on any atom is 0.267 e. The number of Topliss-reactive ketones (excluding diaryl/α,β-unsaturated/α-hetero) is 1. The molecule has 1 aromatic heterocycles. The van der Waals surface area contributed by atoms with Crippen molar-refractivity contribution in [2.45, 2.75) is 18.7 Å². The predicted molar refractivity (Wildman–Crippen MR) is 77.8 cm³/mol. The van der Waals surface area contributed by atoms with Crippen LogP contribution in [0, 0.1) is 0 Å². The highest BCUT2D eigenvalue weighted by atomic mass is 32.2. The van der Waals surface area contributed by atoms with Crippen LogP contribution < -0.4 is 5.32 Å². The van der Waals surface area contributed by atoms with Crippen molar-refractivity contribution in [3.63, 3.8) is 0 Å². The predicted octanol–water partition coefficient (Wildman–Crippen LogP) is 1.89. The highest BCUT2D eigenvalue weighted by molar-refractivity contribution is 7.90. The molecular formula is C14H14N2O4S. The Kier molecular flexibility index (Phi) is 3.95. The van der Waals surface area contributed by atoms with E-state index in [0.29, 0.717) is 0 Å². The van der Waals surface area contributed by atoms with Crippen LogP contribution in [-0.2, 0) is 14.8 Å². The molecule has 0 radical (unpaired) electrons. The second-order valence-electron chi connectivity index (χ2n) is 4.47. The fourth-order valence-corrected chi connectivity index (χ4v) is 3.09. The average molecular weight is 306 g/mol. The van der Waals surface area contributed by atoms with Gasteiger partial charge in [-0.1, -0.05) is 18.2 Å². The number of carbonyl (C=O) groups is 2. The number of hydrogen-bond donors (Lipinski definition) is 1. The zero-order valence-corrected chi connectivity index (χ0v) is 12.3. The molecule has 0 fully saturated rings. The summed E-state index contributed by atoms with van der Waals surface area (Å²) in [5.41, 5.74) is 0.319. The first-order chi connectivity index (χ1) is 9.82. The van der Waals surface area contributed by atoms with Crippen molar-refractivity contribution in [2.75, 3.05) is 5.32 Å². The van der Waals surface area contributed by atoms with Crippen molar-refractivity contribution in [2.24, 2.45) is 0 Å². The molecule has 0 aliphatic heterocycles. The monoisotopic (exact) mass is 306 g/mol. The van der Waals surface area contributed by atoms with Gasteiger partial charge in [0.05, 0.1) is 16.1 Å². The maximum atomic E-state index is 12.4. The number of ketones is 1. The van der Waals surface area contributed by atoms with Gasteiger partial charge in [-0.15, -0.1) is 0 Å². The number of nitrogens with zero attached hydrogens (tertiary/aromatic N) is 1. The summed E-state index contributed by atoms with van der Waals surface area (Å²) >= 11 is 0. The molecule has 1 aromatic carbocycles. The van der Waals surface area contributed by atoms with E-state index in [-0.39, 0.29) is 27.8 Å². The maximum absolute atomic E-state index is 12.4. The number of rotatable bonds is 4. The third-order valence-electron chi connectivity index (χ3n) is 2.81. The van der Waals surface area contributed by atoms with Gasteiger partial charge in [0.15, 0.2) is 5.78 Å². The number of amides is 1. The van der Waals surface area contributed by atoms with Crippen LogP contribution in [0.2, 0.25) is 0 Å². The van der Waals surface area contributed by atoms with E-state index in [0.717, 1.165) is 3.97 Å². The molecule has 110 valence electrons. The second-order valence-corrected chi connectivity index (χ2v) is 6.31. The lowest BCUT2D eigenvalue weighted by Crippen LogP contribution is -2.11. The van der Waals surface area contributed by atoms with Crippen molar-refractivity contribution in [3.8, 4) is 0 Å². The lowest BCUT2D eigenvalue weighted by Gasteiger charge is -2.04. The van der Waals surface area contributed by atoms with E-state index in [4.69, 9.17) is 0 Å². The summed E-state index contributed by atoms with van der Waals surface area (Å²) in [6.45, 7) is 2.59. The first-order valence-electron chi connectivity index (χ1n) is 6.13. The van der Waals surface area contributed by atoms with Crippen molar-refractivity contribution >= 4 is 27.4 Å². The number of carbonyl (C=O) groups excluding carboxylic acids is 2. The fourth-order valence-electron chi connectivity index (χ4n) is 1.85. The average Bonchev–Trinajstić information content (AvgIpc) is 2.83. The molecular weight excluding hydrogens is 292 g/mol. The molecule has 6 nitrogen and oxygen atoms in total. The minimum absolute atomic E-state index is 0.101. The summed E-state index contributed by atoms with van der Waals surface area (Å²) in [4.78, 5) is 22.8. The molecule has 1 heterocycles. The Morgan fingerprint density at radius 1 is 1.05 bits per heavy atom. The summed E-state index contributed by atoms with van der Waals surface area (Å²) in [5, 5.41) is 2.45. The van der Waals surface area contributed by atoms with Crippen molar-refractivity contribution < 1.29 is 18.0 Å². The molecule has 1 N–H and O–H groups in total. The van der Waals surface area contributed by atoms with Gasteiger partial charge in [0.25, 0.3) is 10.0 Å². The number of nitrogens with one attached hydrogen (secondary N) is 1. The van der Waals surface area contributed by atoms with Crippen LogP contribution in [0.3, 0.4) is 0 Å². The SMILES string of the molecule is CC(=O)Nc1cn(S(=O)(=O)c2ccccc2)cc1C(C)=O. The molecule has 2 rings (SSSR count). The summed E-state index contributed by atoms with van der Waals surface area (Å²) in [6.07, 6.45) is 2.43. The molecule has 21 heavy (non-hydrogen) atoms. The van der Waals surface area contributed by atoms with Gasteiger partial charge in [-0.2, -0.15) is 0 Å². The van der Waals surface area contributed by atoms with Gasteiger partial charge in [0.1, 0.15) is 0 Å². The van der Waals surface area contributed by atoms with Crippen molar-refractivity contribution in [1.82, 2.24) is 3.97 Å². The van der Waals surface area contributed by atoms with E-state index in [1.54, 1.807) is 18.2 Å². The molecule has 0 saturated heterocycles. The summed E-state index contributed by atoms with van der Waals surface area (Å²) in [7, 11) is -3.80. The standard InChI is InChI=1S/C14H14N2O4S/c1-10(17)13-8-16(9-14(13)15-11(2)18)21(19,20)12-6-4-3-5-7-12/h3-9H,1-2H3,(H,15,18). The second kappa shape index (κ2) is 5.53. The Morgan fingerprint density at radius 3 is 2.19 bits per heavy atom. The first kappa shape index (κ1) is 15.0. The van der Waals surface area contributed by atoms with Gasteiger partial charge in [0, 0.05) is 19.3 Å². The van der Waals surface area contributed by atoms with Gasteiger partial charge in [-0.25, -0.2) is 12.4 Å². The van der Waals surface area contributed by atoms with Crippen LogP contribution in [0.15, 0.2) is 47.6 Å². The molecule has 2 aromatic rings. The van der Waals surface area contributed by atoms with Crippen LogP contribution in [0.4, 0.5) is 5.69 Å². The third-order valence-corrected chi connectivity index (χ3v) is 4.45. The first-order valence-corrected chi connectivity index (χ1v) is 7.57. The quantitative estimate of drug-likeness (QED) is 0.874. The largest absolute Gasteiger partial charge is 0.324 e. The Hall–Kier alpha value is -2.41. The van der Waals surface area contributed by atoms with Gasteiger partial charge in [-0.05, 0) is 19.1 Å². The van der Waals surface area contributed by atoms with E-state index in [1.165, 1.54) is 38.4 Å². The number of hydrogen-bond acceptors (Lipinski definition) is 4. The molecule has 7 heteroatoms. The van der Waals surface area contributed by atoms with Crippen LogP contribution in [0.1, 0.15) is 24.2 Å². The summed E-state index contributed by atoms with van der Waals surface area (Å²) < 4.78 is 25.8. The normalized spacial score (nSPS) is 11.1. The van der Waals surface area contributed by atoms with Gasteiger partial charge in [-0.3, -0.25) is 9.59 Å². The van der Waals surface area contributed by atoms with Crippen molar-refractivity contribution in [1.29, 1.82) is 0 Å². The number of benzene rings is 1. The Labute approximate surface area is 122 Å². The van der Waals surface area contributed by atoms with E-state index in [9.17, 15) is 18.0 Å². The highest BCUT2D eigenvalue weighted by Gasteiger charge is 2.21. The molecule has 0 atom stereocenters. The lowest BCUT2D eigenvalue weighted by atomic mass is 10.2. The van der Waals surface area contributed by atoms with Crippen LogP contribution in [-0.4, -0.2) is 24.1 Å². The fraction of sp³-hybridized carbons (Fsp3) is 0.143. The van der Waals surface area contributed by atoms with Gasteiger partial charge >= 0.3 is 0 Å². The van der Waals surface area contributed by atoms with E-state index in [2.05, 4.69) is 5.32 Å². The molecule has 0 aliphatic rings. The molecule has 0 aliphatic carbocycles.